The van der Waals surface area contributed by atoms with Crippen molar-refractivity contribution in [2.24, 2.45) is 5.92 Å². The lowest BCUT2D eigenvalue weighted by atomic mass is 9.92. The van der Waals surface area contributed by atoms with Crippen LogP contribution in [0.25, 0.3) is 0 Å². The molecule has 1 aromatic rings. The maximum atomic E-state index is 5.53. The highest BCUT2D eigenvalue weighted by atomic mass is 16.5. The van der Waals surface area contributed by atoms with Gasteiger partial charge in [-0.2, -0.15) is 0 Å². The molecule has 0 spiro atoms. The van der Waals surface area contributed by atoms with Crippen LogP contribution in [0.5, 0.6) is 0 Å². The van der Waals surface area contributed by atoms with Crippen LogP contribution in [0.1, 0.15) is 56.7 Å². The van der Waals surface area contributed by atoms with E-state index in [4.69, 9.17) is 4.74 Å². The van der Waals surface area contributed by atoms with Crippen LogP contribution >= 0.6 is 0 Å². The van der Waals surface area contributed by atoms with E-state index in [1.807, 2.05) is 0 Å². The molecule has 1 heterocycles. The fourth-order valence-corrected chi connectivity index (χ4v) is 3.01. The molecule has 0 bridgehead atoms. The molecule has 1 fully saturated rings. The van der Waals surface area contributed by atoms with E-state index < -0.39 is 0 Å². The molecular formula is C18H29NO. The van der Waals surface area contributed by atoms with Gasteiger partial charge in [-0.15, -0.1) is 0 Å². The van der Waals surface area contributed by atoms with Crippen molar-refractivity contribution in [2.75, 3.05) is 19.8 Å². The van der Waals surface area contributed by atoms with Crippen molar-refractivity contribution in [3.8, 4) is 0 Å². The Labute approximate surface area is 123 Å². The first-order valence-electron chi connectivity index (χ1n) is 8.23. The number of hydrogen-bond donors (Lipinski definition) is 1. The molecule has 0 aromatic heterocycles. The van der Waals surface area contributed by atoms with Crippen LogP contribution in [0.15, 0.2) is 24.3 Å². The van der Waals surface area contributed by atoms with Crippen LogP contribution in [-0.2, 0) is 11.2 Å². The minimum Gasteiger partial charge on any atom is -0.381 e. The van der Waals surface area contributed by atoms with E-state index in [0.29, 0.717) is 6.04 Å². The normalized spacial score (nSPS) is 20.2. The third-order valence-corrected chi connectivity index (χ3v) is 4.13. The quantitative estimate of drug-likeness (QED) is 0.771. The lowest BCUT2D eigenvalue weighted by Gasteiger charge is -2.22. The zero-order valence-electron chi connectivity index (χ0n) is 13.0. The van der Waals surface area contributed by atoms with Gasteiger partial charge in [0, 0.05) is 19.3 Å². The summed E-state index contributed by atoms with van der Waals surface area (Å²) in [5.74, 6) is 0.721. The molecule has 0 radical (unpaired) electrons. The fraction of sp³-hybridized carbons (Fsp3) is 0.667. The average Bonchev–Trinajstić information content (AvgIpc) is 2.97. The standard InChI is InChI=1S/C18H29NO/c1-3-6-15-7-5-8-17(12-15)18(19-10-4-2)13-16-9-11-20-14-16/h5,7-8,12,16,18-19H,3-4,6,9-11,13-14H2,1-2H3. The average molecular weight is 275 g/mol. The van der Waals surface area contributed by atoms with E-state index in [1.165, 1.54) is 43.2 Å². The van der Waals surface area contributed by atoms with Crippen molar-refractivity contribution in [1.82, 2.24) is 5.32 Å². The lowest BCUT2D eigenvalue weighted by molar-refractivity contribution is 0.181. The van der Waals surface area contributed by atoms with E-state index in [9.17, 15) is 0 Å². The molecule has 2 heteroatoms. The minimum atomic E-state index is 0.485. The van der Waals surface area contributed by atoms with E-state index in [2.05, 4.69) is 43.4 Å². The van der Waals surface area contributed by atoms with Crippen molar-refractivity contribution >= 4 is 0 Å². The van der Waals surface area contributed by atoms with E-state index in [-0.39, 0.29) is 0 Å². The first kappa shape index (κ1) is 15.5. The Hall–Kier alpha value is -0.860. The largest absolute Gasteiger partial charge is 0.381 e. The minimum absolute atomic E-state index is 0.485. The van der Waals surface area contributed by atoms with E-state index in [0.717, 1.165) is 25.7 Å². The summed E-state index contributed by atoms with van der Waals surface area (Å²) >= 11 is 0. The number of nitrogens with one attached hydrogen (secondary N) is 1. The summed E-state index contributed by atoms with van der Waals surface area (Å²) in [5.41, 5.74) is 2.92. The van der Waals surface area contributed by atoms with Crippen LogP contribution < -0.4 is 5.32 Å². The maximum Gasteiger partial charge on any atom is 0.0495 e. The second-order valence-electron chi connectivity index (χ2n) is 5.97. The first-order chi connectivity index (χ1) is 9.83. The topological polar surface area (TPSA) is 21.3 Å². The number of rotatable bonds is 8. The molecule has 2 rings (SSSR count). The summed E-state index contributed by atoms with van der Waals surface area (Å²) in [7, 11) is 0. The zero-order chi connectivity index (χ0) is 14.2. The van der Waals surface area contributed by atoms with Gasteiger partial charge in [0.1, 0.15) is 0 Å². The molecule has 20 heavy (non-hydrogen) atoms. The third kappa shape index (κ3) is 4.60. The summed E-state index contributed by atoms with van der Waals surface area (Å²) in [4.78, 5) is 0. The Kier molecular flexibility index (Phi) is 6.55. The van der Waals surface area contributed by atoms with Gasteiger partial charge < -0.3 is 10.1 Å². The Morgan fingerprint density at radius 3 is 2.90 bits per heavy atom. The summed E-state index contributed by atoms with van der Waals surface area (Å²) in [6.07, 6.45) is 6.01. The van der Waals surface area contributed by atoms with Crippen LogP contribution in [0.4, 0.5) is 0 Å². The summed E-state index contributed by atoms with van der Waals surface area (Å²) < 4.78 is 5.53. The summed E-state index contributed by atoms with van der Waals surface area (Å²) in [5, 5.41) is 3.73. The van der Waals surface area contributed by atoms with Gasteiger partial charge >= 0.3 is 0 Å². The molecule has 0 aliphatic carbocycles. The SMILES string of the molecule is CCCNC(CC1CCOC1)c1cccc(CCC)c1. The van der Waals surface area contributed by atoms with E-state index in [1.54, 1.807) is 0 Å². The lowest BCUT2D eigenvalue weighted by Crippen LogP contribution is -2.25. The molecule has 0 amide bonds. The number of benzene rings is 1. The first-order valence-corrected chi connectivity index (χ1v) is 8.23. The van der Waals surface area contributed by atoms with Crippen molar-refractivity contribution in [3.63, 3.8) is 0 Å². The second kappa shape index (κ2) is 8.43. The van der Waals surface area contributed by atoms with Crippen LogP contribution in [0, 0.1) is 5.92 Å². The molecule has 1 aliphatic rings. The Morgan fingerprint density at radius 1 is 1.30 bits per heavy atom. The molecule has 2 atom stereocenters. The van der Waals surface area contributed by atoms with Gasteiger partial charge in [0.05, 0.1) is 0 Å². The number of hydrogen-bond acceptors (Lipinski definition) is 2. The maximum absolute atomic E-state index is 5.53. The molecule has 2 unspecified atom stereocenters. The highest BCUT2D eigenvalue weighted by Gasteiger charge is 2.21. The number of ether oxygens (including phenoxy) is 1. The van der Waals surface area contributed by atoms with Crippen molar-refractivity contribution in [3.05, 3.63) is 35.4 Å². The molecule has 2 nitrogen and oxygen atoms in total. The molecule has 1 aliphatic heterocycles. The third-order valence-electron chi connectivity index (χ3n) is 4.13. The zero-order valence-corrected chi connectivity index (χ0v) is 13.0. The molecular weight excluding hydrogens is 246 g/mol. The Bertz CT molecular complexity index is 385. The summed E-state index contributed by atoms with van der Waals surface area (Å²) in [6.45, 7) is 7.46. The van der Waals surface area contributed by atoms with Gasteiger partial charge in [0.2, 0.25) is 0 Å². The Morgan fingerprint density at radius 2 is 2.20 bits per heavy atom. The predicted octanol–water partition coefficient (Wildman–Crippen LogP) is 4.11. The predicted molar refractivity (Wildman–Crippen MR) is 85.0 cm³/mol. The van der Waals surface area contributed by atoms with Gasteiger partial charge in [0.15, 0.2) is 0 Å². The number of aryl methyl sites for hydroxylation is 1. The van der Waals surface area contributed by atoms with Gasteiger partial charge in [-0.25, -0.2) is 0 Å². The molecule has 112 valence electrons. The van der Waals surface area contributed by atoms with Gasteiger partial charge in [-0.3, -0.25) is 0 Å². The monoisotopic (exact) mass is 275 g/mol. The summed E-state index contributed by atoms with van der Waals surface area (Å²) in [6, 6.07) is 9.63. The van der Waals surface area contributed by atoms with Crippen LogP contribution in [0.3, 0.4) is 0 Å². The smallest absolute Gasteiger partial charge is 0.0495 e. The molecule has 0 saturated carbocycles. The van der Waals surface area contributed by atoms with Crippen molar-refractivity contribution < 1.29 is 4.74 Å². The van der Waals surface area contributed by atoms with Gasteiger partial charge in [-0.1, -0.05) is 44.5 Å². The van der Waals surface area contributed by atoms with E-state index >= 15 is 0 Å². The second-order valence-corrected chi connectivity index (χ2v) is 5.97. The highest BCUT2D eigenvalue weighted by molar-refractivity contribution is 5.26. The van der Waals surface area contributed by atoms with Crippen molar-refractivity contribution in [1.29, 1.82) is 0 Å². The van der Waals surface area contributed by atoms with Gasteiger partial charge in [-0.05, 0) is 49.3 Å². The molecule has 1 N–H and O–H groups in total. The van der Waals surface area contributed by atoms with Crippen molar-refractivity contribution in [2.45, 2.75) is 52.0 Å². The highest BCUT2D eigenvalue weighted by Crippen LogP contribution is 2.27. The Balaban J connectivity index is 2.05. The van der Waals surface area contributed by atoms with Crippen LogP contribution in [0.2, 0.25) is 0 Å². The van der Waals surface area contributed by atoms with Gasteiger partial charge in [0.25, 0.3) is 0 Å². The molecule has 1 saturated heterocycles. The molecule has 1 aromatic carbocycles. The fourth-order valence-electron chi connectivity index (χ4n) is 3.01. The van der Waals surface area contributed by atoms with Crippen LogP contribution in [-0.4, -0.2) is 19.8 Å².